The van der Waals surface area contributed by atoms with E-state index in [9.17, 15) is 4.79 Å². The SMILES string of the molecule is O=C(CSc1nccn1Cc1ccccc1)N1CCCc2ccccc21. The van der Waals surface area contributed by atoms with Crippen LogP contribution in [0.5, 0.6) is 0 Å². The fraction of sp³-hybridized carbons (Fsp3) is 0.238. The minimum Gasteiger partial charge on any atom is -0.322 e. The van der Waals surface area contributed by atoms with Gasteiger partial charge in [-0.2, -0.15) is 0 Å². The fourth-order valence-corrected chi connectivity index (χ4v) is 4.17. The first-order chi connectivity index (χ1) is 12.8. The van der Waals surface area contributed by atoms with E-state index in [1.165, 1.54) is 22.9 Å². The number of fused-ring (bicyclic) bond motifs is 1. The number of aromatic nitrogens is 2. The summed E-state index contributed by atoms with van der Waals surface area (Å²) in [6, 6.07) is 18.5. The van der Waals surface area contributed by atoms with Crippen LogP contribution in [0.2, 0.25) is 0 Å². The third kappa shape index (κ3) is 3.68. The van der Waals surface area contributed by atoms with Crippen LogP contribution in [0.3, 0.4) is 0 Å². The molecule has 0 bridgehead atoms. The minimum atomic E-state index is 0.149. The van der Waals surface area contributed by atoms with Crippen molar-refractivity contribution in [2.75, 3.05) is 17.2 Å². The summed E-state index contributed by atoms with van der Waals surface area (Å²) in [5, 5.41) is 0.882. The van der Waals surface area contributed by atoms with Gasteiger partial charge in [0.1, 0.15) is 0 Å². The van der Waals surface area contributed by atoms with Crippen molar-refractivity contribution >= 4 is 23.4 Å². The van der Waals surface area contributed by atoms with Gasteiger partial charge in [0.05, 0.1) is 5.75 Å². The number of benzene rings is 2. The molecular formula is C21H21N3OS. The maximum Gasteiger partial charge on any atom is 0.237 e. The Balaban J connectivity index is 1.42. The second kappa shape index (κ2) is 7.79. The summed E-state index contributed by atoms with van der Waals surface area (Å²) in [7, 11) is 0. The van der Waals surface area contributed by atoms with E-state index in [-0.39, 0.29) is 5.91 Å². The van der Waals surface area contributed by atoms with Crippen molar-refractivity contribution in [3.05, 3.63) is 78.1 Å². The lowest BCUT2D eigenvalue weighted by Gasteiger charge is -2.29. The van der Waals surface area contributed by atoms with Crippen LogP contribution in [-0.4, -0.2) is 27.8 Å². The van der Waals surface area contributed by atoms with Gasteiger partial charge in [-0.05, 0) is 30.0 Å². The van der Waals surface area contributed by atoms with Crippen molar-refractivity contribution in [3.63, 3.8) is 0 Å². The summed E-state index contributed by atoms with van der Waals surface area (Å²) in [4.78, 5) is 19.1. The monoisotopic (exact) mass is 363 g/mol. The van der Waals surface area contributed by atoms with Crippen LogP contribution in [0, 0.1) is 0 Å². The van der Waals surface area contributed by atoms with Crippen LogP contribution in [0.15, 0.2) is 72.1 Å². The van der Waals surface area contributed by atoms with Crippen molar-refractivity contribution in [2.45, 2.75) is 24.5 Å². The Morgan fingerprint density at radius 1 is 1.08 bits per heavy atom. The number of nitrogens with zero attached hydrogens (tertiary/aromatic N) is 3. The Labute approximate surface area is 157 Å². The lowest BCUT2D eigenvalue weighted by molar-refractivity contribution is -0.116. The number of hydrogen-bond acceptors (Lipinski definition) is 3. The molecule has 1 aromatic heterocycles. The van der Waals surface area contributed by atoms with Gasteiger partial charge >= 0.3 is 0 Å². The Hall–Kier alpha value is -2.53. The average molecular weight is 363 g/mol. The van der Waals surface area contributed by atoms with E-state index in [1.54, 1.807) is 6.20 Å². The Morgan fingerprint density at radius 2 is 1.88 bits per heavy atom. The van der Waals surface area contributed by atoms with E-state index in [4.69, 9.17) is 0 Å². The van der Waals surface area contributed by atoms with Crippen LogP contribution >= 0.6 is 11.8 Å². The van der Waals surface area contributed by atoms with E-state index in [1.807, 2.05) is 47.5 Å². The molecule has 1 aliphatic heterocycles. The molecular weight excluding hydrogens is 342 g/mol. The molecule has 0 radical (unpaired) electrons. The molecule has 0 N–H and O–H groups in total. The van der Waals surface area contributed by atoms with E-state index >= 15 is 0 Å². The Morgan fingerprint density at radius 3 is 2.77 bits per heavy atom. The maximum absolute atomic E-state index is 12.8. The van der Waals surface area contributed by atoms with Gasteiger partial charge < -0.3 is 9.47 Å². The lowest BCUT2D eigenvalue weighted by atomic mass is 10.0. The third-order valence-corrected chi connectivity index (χ3v) is 5.60. The van der Waals surface area contributed by atoms with Gasteiger partial charge in [0.15, 0.2) is 5.16 Å². The highest BCUT2D eigenvalue weighted by Crippen LogP contribution is 2.28. The Kier molecular flexibility index (Phi) is 5.07. The molecule has 0 saturated carbocycles. The minimum absolute atomic E-state index is 0.149. The lowest BCUT2D eigenvalue weighted by Crippen LogP contribution is -2.36. The van der Waals surface area contributed by atoms with E-state index in [2.05, 4.69) is 27.8 Å². The first-order valence-corrected chi connectivity index (χ1v) is 9.86. The van der Waals surface area contributed by atoms with Crippen LogP contribution < -0.4 is 4.90 Å². The smallest absolute Gasteiger partial charge is 0.237 e. The zero-order valence-corrected chi connectivity index (χ0v) is 15.4. The quantitative estimate of drug-likeness (QED) is 0.643. The summed E-state index contributed by atoms with van der Waals surface area (Å²) < 4.78 is 2.09. The molecule has 2 aromatic carbocycles. The van der Waals surface area contributed by atoms with Crippen molar-refractivity contribution in [2.24, 2.45) is 0 Å². The molecule has 3 aromatic rings. The van der Waals surface area contributed by atoms with Gasteiger partial charge in [-0.1, -0.05) is 60.3 Å². The second-order valence-electron chi connectivity index (χ2n) is 6.39. The zero-order chi connectivity index (χ0) is 17.8. The number of anilines is 1. The molecule has 4 rings (SSSR count). The zero-order valence-electron chi connectivity index (χ0n) is 14.5. The molecule has 0 spiro atoms. The highest BCUT2D eigenvalue weighted by molar-refractivity contribution is 7.99. The summed E-state index contributed by atoms with van der Waals surface area (Å²) in [5.74, 6) is 0.552. The van der Waals surface area contributed by atoms with Crippen LogP contribution in [-0.2, 0) is 17.8 Å². The van der Waals surface area contributed by atoms with E-state index in [0.717, 1.165) is 36.8 Å². The van der Waals surface area contributed by atoms with Gasteiger partial charge in [0.25, 0.3) is 0 Å². The normalized spacial score (nSPS) is 13.5. The van der Waals surface area contributed by atoms with Crippen LogP contribution in [0.1, 0.15) is 17.5 Å². The summed E-state index contributed by atoms with van der Waals surface area (Å²) in [6.07, 6.45) is 5.84. The number of aryl methyl sites for hydroxylation is 1. The molecule has 5 heteroatoms. The molecule has 4 nitrogen and oxygen atoms in total. The maximum atomic E-state index is 12.8. The van der Waals surface area contributed by atoms with Crippen molar-refractivity contribution in [1.82, 2.24) is 9.55 Å². The summed E-state index contributed by atoms with van der Waals surface area (Å²) in [6.45, 7) is 1.57. The standard InChI is InChI=1S/C21H21N3OS/c25-20(24-13-6-10-18-9-4-5-11-19(18)24)16-26-21-22-12-14-23(21)15-17-7-2-1-3-8-17/h1-5,7-9,11-12,14H,6,10,13,15-16H2. The molecule has 0 unspecified atom stereocenters. The van der Waals surface area contributed by atoms with E-state index in [0.29, 0.717) is 5.75 Å². The van der Waals surface area contributed by atoms with Crippen LogP contribution in [0.4, 0.5) is 5.69 Å². The molecule has 1 amide bonds. The molecule has 0 saturated heterocycles. The van der Waals surface area contributed by atoms with Crippen molar-refractivity contribution < 1.29 is 4.79 Å². The number of carbonyl (C=O) groups excluding carboxylic acids is 1. The number of rotatable bonds is 5. The average Bonchev–Trinajstić information content (AvgIpc) is 3.13. The highest BCUT2D eigenvalue weighted by atomic mass is 32.2. The number of thioether (sulfide) groups is 1. The predicted octanol–water partition coefficient (Wildman–Crippen LogP) is 4.00. The molecule has 0 fully saturated rings. The van der Waals surface area contributed by atoms with Gasteiger partial charge in [-0.15, -0.1) is 0 Å². The largest absolute Gasteiger partial charge is 0.322 e. The second-order valence-corrected chi connectivity index (χ2v) is 7.33. The summed E-state index contributed by atoms with van der Waals surface area (Å²) >= 11 is 1.51. The van der Waals surface area contributed by atoms with E-state index < -0.39 is 0 Å². The molecule has 2 heterocycles. The topological polar surface area (TPSA) is 38.1 Å². The fourth-order valence-electron chi connectivity index (χ4n) is 3.33. The molecule has 1 aliphatic rings. The number of imidazole rings is 1. The first kappa shape index (κ1) is 16.9. The number of para-hydroxylation sites is 1. The van der Waals surface area contributed by atoms with Crippen LogP contribution in [0.25, 0.3) is 0 Å². The van der Waals surface area contributed by atoms with Gasteiger partial charge in [0, 0.05) is 31.2 Å². The van der Waals surface area contributed by atoms with Gasteiger partial charge in [-0.3, -0.25) is 4.79 Å². The first-order valence-electron chi connectivity index (χ1n) is 8.87. The number of amides is 1. The number of hydrogen-bond donors (Lipinski definition) is 0. The highest BCUT2D eigenvalue weighted by Gasteiger charge is 2.22. The van der Waals surface area contributed by atoms with Crippen molar-refractivity contribution in [3.8, 4) is 0 Å². The predicted molar refractivity (Wildman–Crippen MR) is 106 cm³/mol. The number of carbonyl (C=O) groups is 1. The summed E-state index contributed by atoms with van der Waals surface area (Å²) in [5.41, 5.74) is 3.56. The molecule has 0 aliphatic carbocycles. The molecule has 0 atom stereocenters. The molecule has 26 heavy (non-hydrogen) atoms. The van der Waals surface area contributed by atoms with Gasteiger partial charge in [-0.25, -0.2) is 4.98 Å². The Bertz CT molecular complexity index is 891. The molecule has 132 valence electrons. The third-order valence-electron chi connectivity index (χ3n) is 4.61. The van der Waals surface area contributed by atoms with Gasteiger partial charge in [0.2, 0.25) is 5.91 Å². The van der Waals surface area contributed by atoms with Crippen molar-refractivity contribution in [1.29, 1.82) is 0 Å².